The molecule has 28 heavy (non-hydrogen) atoms. The molecule has 142 valence electrons. The number of thiocarbonyl (C=S) groups is 1. The van der Waals surface area contributed by atoms with Crippen molar-refractivity contribution in [3.05, 3.63) is 52.9 Å². The first kappa shape index (κ1) is 18.7. The molecule has 0 radical (unpaired) electrons. The van der Waals surface area contributed by atoms with Crippen LogP contribution in [0.25, 0.3) is 27.9 Å². The van der Waals surface area contributed by atoms with Crippen LogP contribution in [-0.2, 0) is 16.6 Å². The quantitative estimate of drug-likeness (QED) is 0.499. The summed E-state index contributed by atoms with van der Waals surface area (Å²) in [5, 5.41) is 11.1. The Hall–Kier alpha value is -2.64. The van der Waals surface area contributed by atoms with Crippen molar-refractivity contribution in [2.75, 3.05) is 6.54 Å². The molecule has 0 atom stereocenters. The number of carbonyl (C=O) groups excluding carboxylic acids is 1. The zero-order valence-electron chi connectivity index (χ0n) is 15.2. The van der Waals surface area contributed by atoms with E-state index >= 15 is 0 Å². The number of amides is 1. The monoisotopic (exact) mass is 410 g/mol. The zero-order valence-corrected chi connectivity index (χ0v) is 16.8. The number of rotatable bonds is 5. The lowest BCUT2D eigenvalue weighted by atomic mass is 10.1. The lowest BCUT2D eigenvalue weighted by Crippen LogP contribution is -2.29. The SMILES string of the molecule is Cn1c2ccccc2c2cc(/C=C3\SC(=S)N(CCCC(=O)O)C3=O)ccc21. The first-order chi connectivity index (χ1) is 13.5. The molecule has 0 saturated carbocycles. The van der Waals surface area contributed by atoms with Gasteiger partial charge in [0.1, 0.15) is 4.32 Å². The number of nitrogens with zero attached hydrogens (tertiary/aromatic N) is 2. The van der Waals surface area contributed by atoms with Crippen LogP contribution in [0, 0.1) is 0 Å². The molecule has 7 heteroatoms. The van der Waals surface area contributed by atoms with E-state index < -0.39 is 5.97 Å². The van der Waals surface area contributed by atoms with Gasteiger partial charge >= 0.3 is 5.97 Å². The van der Waals surface area contributed by atoms with Crippen molar-refractivity contribution >= 4 is 68.1 Å². The summed E-state index contributed by atoms with van der Waals surface area (Å²) in [5.41, 5.74) is 3.24. The molecule has 0 bridgehead atoms. The molecule has 1 N–H and O–H groups in total. The normalized spacial score (nSPS) is 16.0. The van der Waals surface area contributed by atoms with E-state index in [9.17, 15) is 9.59 Å². The molecule has 1 amide bonds. The van der Waals surface area contributed by atoms with Crippen LogP contribution in [0.15, 0.2) is 47.4 Å². The van der Waals surface area contributed by atoms with Gasteiger partial charge in [0.2, 0.25) is 0 Å². The third-order valence-electron chi connectivity index (χ3n) is 4.88. The summed E-state index contributed by atoms with van der Waals surface area (Å²) in [7, 11) is 2.05. The molecule has 1 aliphatic heterocycles. The van der Waals surface area contributed by atoms with Gasteiger partial charge in [-0.3, -0.25) is 14.5 Å². The van der Waals surface area contributed by atoms with Gasteiger partial charge in [0.15, 0.2) is 0 Å². The maximum Gasteiger partial charge on any atom is 0.303 e. The van der Waals surface area contributed by atoms with E-state index in [-0.39, 0.29) is 12.3 Å². The van der Waals surface area contributed by atoms with Crippen LogP contribution in [0.4, 0.5) is 0 Å². The number of benzene rings is 2. The van der Waals surface area contributed by atoms with E-state index in [1.165, 1.54) is 27.6 Å². The van der Waals surface area contributed by atoms with Gasteiger partial charge in [-0.25, -0.2) is 0 Å². The lowest BCUT2D eigenvalue weighted by Gasteiger charge is -2.13. The largest absolute Gasteiger partial charge is 0.481 e. The second kappa shape index (κ2) is 7.41. The Morgan fingerprint density at radius 1 is 1.18 bits per heavy atom. The number of aryl methyl sites for hydroxylation is 1. The first-order valence-electron chi connectivity index (χ1n) is 8.90. The van der Waals surface area contributed by atoms with Crippen LogP contribution in [0.1, 0.15) is 18.4 Å². The second-order valence-electron chi connectivity index (χ2n) is 6.68. The van der Waals surface area contributed by atoms with Gasteiger partial charge in [-0.2, -0.15) is 0 Å². The standard InChI is InChI=1S/C21H18N2O3S2/c1-22-16-6-3-2-5-14(16)15-11-13(8-9-17(15)22)12-18-20(26)23(21(27)28-18)10-4-7-19(24)25/h2-3,5-6,8-9,11-12H,4,7,10H2,1H3,(H,24,25)/b18-12-. The molecule has 2 heterocycles. The molecule has 0 spiro atoms. The van der Waals surface area contributed by atoms with Gasteiger partial charge in [0, 0.05) is 41.8 Å². The Morgan fingerprint density at radius 3 is 2.71 bits per heavy atom. The van der Waals surface area contributed by atoms with E-state index in [2.05, 4.69) is 28.8 Å². The fraction of sp³-hybridized carbons (Fsp3) is 0.190. The molecule has 0 unspecified atom stereocenters. The van der Waals surface area contributed by atoms with Gasteiger partial charge in [-0.1, -0.05) is 48.2 Å². The lowest BCUT2D eigenvalue weighted by molar-refractivity contribution is -0.137. The minimum absolute atomic E-state index is 0.0217. The number of fused-ring (bicyclic) bond motifs is 3. The minimum atomic E-state index is -0.871. The van der Waals surface area contributed by atoms with Crippen LogP contribution in [0.2, 0.25) is 0 Å². The molecule has 1 aromatic heterocycles. The number of carboxylic acids is 1. The van der Waals surface area contributed by atoms with Crippen LogP contribution >= 0.6 is 24.0 Å². The number of carbonyl (C=O) groups is 2. The number of para-hydroxylation sites is 1. The summed E-state index contributed by atoms with van der Waals surface area (Å²) < 4.78 is 2.64. The van der Waals surface area contributed by atoms with Crippen LogP contribution in [0.5, 0.6) is 0 Å². The minimum Gasteiger partial charge on any atom is -0.481 e. The zero-order chi connectivity index (χ0) is 19.8. The Morgan fingerprint density at radius 2 is 1.93 bits per heavy atom. The maximum atomic E-state index is 12.7. The summed E-state index contributed by atoms with van der Waals surface area (Å²) in [6, 6.07) is 14.4. The molecule has 1 aliphatic rings. The highest BCUT2D eigenvalue weighted by Gasteiger charge is 2.31. The third kappa shape index (κ3) is 3.31. The van der Waals surface area contributed by atoms with Crippen molar-refractivity contribution in [2.45, 2.75) is 12.8 Å². The smallest absolute Gasteiger partial charge is 0.303 e. The predicted molar refractivity (Wildman–Crippen MR) is 117 cm³/mol. The van der Waals surface area contributed by atoms with Crippen molar-refractivity contribution in [2.24, 2.45) is 7.05 Å². The maximum absolute atomic E-state index is 12.7. The van der Waals surface area contributed by atoms with Gasteiger partial charge < -0.3 is 9.67 Å². The molecular weight excluding hydrogens is 392 g/mol. The van der Waals surface area contributed by atoms with Crippen molar-refractivity contribution in [1.29, 1.82) is 0 Å². The molecule has 1 fully saturated rings. The van der Waals surface area contributed by atoms with E-state index in [1.807, 2.05) is 31.3 Å². The van der Waals surface area contributed by atoms with Gasteiger partial charge in [-0.15, -0.1) is 0 Å². The second-order valence-corrected chi connectivity index (χ2v) is 8.36. The Balaban J connectivity index is 1.64. The summed E-state index contributed by atoms with van der Waals surface area (Å²) in [6.07, 6.45) is 2.27. The number of hydrogen-bond donors (Lipinski definition) is 1. The van der Waals surface area contributed by atoms with Gasteiger partial charge in [0.05, 0.1) is 4.91 Å². The summed E-state index contributed by atoms with van der Waals surface area (Å²) >= 11 is 6.58. The average Bonchev–Trinajstić information content (AvgIpc) is 3.10. The highest BCUT2D eigenvalue weighted by Crippen LogP contribution is 2.34. The first-order valence-corrected chi connectivity index (χ1v) is 10.1. The van der Waals surface area contributed by atoms with Crippen LogP contribution < -0.4 is 0 Å². The highest BCUT2D eigenvalue weighted by molar-refractivity contribution is 8.26. The van der Waals surface area contributed by atoms with Crippen LogP contribution in [-0.4, -0.2) is 37.3 Å². The van der Waals surface area contributed by atoms with Crippen molar-refractivity contribution in [3.63, 3.8) is 0 Å². The molecular formula is C21H18N2O3S2. The van der Waals surface area contributed by atoms with Crippen molar-refractivity contribution in [1.82, 2.24) is 9.47 Å². The molecule has 1 saturated heterocycles. The number of thioether (sulfide) groups is 1. The molecule has 4 rings (SSSR count). The Labute approximate surface area is 171 Å². The van der Waals surface area contributed by atoms with Crippen molar-refractivity contribution < 1.29 is 14.7 Å². The van der Waals surface area contributed by atoms with Gasteiger partial charge in [0.25, 0.3) is 5.91 Å². The highest BCUT2D eigenvalue weighted by atomic mass is 32.2. The molecule has 2 aromatic carbocycles. The number of aliphatic carboxylic acids is 1. The summed E-state index contributed by atoms with van der Waals surface area (Å²) in [6.45, 7) is 0.330. The fourth-order valence-corrected chi connectivity index (χ4v) is 4.82. The average molecular weight is 411 g/mol. The van der Waals surface area contributed by atoms with E-state index in [1.54, 1.807) is 0 Å². The van der Waals surface area contributed by atoms with Crippen LogP contribution in [0.3, 0.4) is 0 Å². The molecule has 5 nitrogen and oxygen atoms in total. The number of carboxylic acid groups (broad SMARTS) is 1. The third-order valence-corrected chi connectivity index (χ3v) is 6.26. The topological polar surface area (TPSA) is 62.5 Å². The van der Waals surface area contributed by atoms with E-state index in [0.717, 1.165) is 16.5 Å². The van der Waals surface area contributed by atoms with E-state index in [0.29, 0.717) is 22.2 Å². The fourth-order valence-electron chi connectivity index (χ4n) is 3.51. The van der Waals surface area contributed by atoms with Gasteiger partial charge in [-0.05, 0) is 36.3 Å². The number of aromatic nitrogens is 1. The Kier molecular flexibility index (Phi) is 4.95. The molecule has 3 aromatic rings. The number of hydrogen-bond acceptors (Lipinski definition) is 4. The molecule has 0 aliphatic carbocycles. The van der Waals surface area contributed by atoms with E-state index in [4.69, 9.17) is 17.3 Å². The summed E-state index contributed by atoms with van der Waals surface area (Å²) in [4.78, 5) is 25.4. The Bertz CT molecular complexity index is 1160. The summed E-state index contributed by atoms with van der Waals surface area (Å²) in [5.74, 6) is -1.03. The predicted octanol–water partition coefficient (Wildman–Crippen LogP) is 4.40. The van der Waals surface area contributed by atoms with Crippen molar-refractivity contribution in [3.8, 4) is 0 Å².